The van der Waals surface area contributed by atoms with E-state index in [2.05, 4.69) is 17.6 Å². The average Bonchev–Trinajstić information content (AvgIpc) is 3.82. The second-order valence-electron chi connectivity index (χ2n) is 10.4. The zero-order valence-electron chi connectivity index (χ0n) is 23.6. The molecular weight excluding hydrogens is 572 g/mol. The number of ketones is 2. The van der Waals surface area contributed by atoms with Crippen molar-refractivity contribution in [2.75, 3.05) is 19.5 Å². The molecule has 0 N–H and O–H groups in total. The number of hydrogen-bond acceptors (Lipinski definition) is 7. The third kappa shape index (κ3) is 7.05. The number of fused-ring (bicyclic) bond motifs is 1. The normalized spacial score (nSPS) is 13.7. The van der Waals surface area contributed by atoms with Gasteiger partial charge in [-0.05, 0) is 72.5 Å². The van der Waals surface area contributed by atoms with Crippen LogP contribution in [0.1, 0.15) is 30.4 Å². The summed E-state index contributed by atoms with van der Waals surface area (Å²) in [6, 6.07) is 15.1. The number of benzene rings is 3. The summed E-state index contributed by atoms with van der Waals surface area (Å²) >= 11 is 4.18. The van der Waals surface area contributed by atoms with Crippen LogP contribution in [0.15, 0.2) is 79.0 Å². The fourth-order valence-electron chi connectivity index (χ4n) is 4.89. The SMILES string of the molecule is COc1cc2c(Oc3ccc(CC(=O)C4(C(=O)Cc5ccc(F)cc5)CC4)cc3F)ccnc2cc1OC/C=C/CCS. The first kappa shape index (κ1) is 30.2. The number of halogens is 2. The zero-order valence-corrected chi connectivity index (χ0v) is 24.5. The minimum atomic E-state index is -1.06. The van der Waals surface area contributed by atoms with Gasteiger partial charge in [-0.15, -0.1) is 0 Å². The molecule has 1 saturated carbocycles. The van der Waals surface area contributed by atoms with Crippen molar-refractivity contribution in [1.29, 1.82) is 0 Å². The number of Topliss-reactive ketones (excluding diaryl/α,β-unsaturated/α-hetero) is 2. The van der Waals surface area contributed by atoms with Crippen LogP contribution >= 0.6 is 12.6 Å². The highest BCUT2D eigenvalue weighted by Gasteiger charge is 2.54. The average molecular weight is 604 g/mol. The van der Waals surface area contributed by atoms with Crippen LogP contribution in [-0.2, 0) is 22.4 Å². The van der Waals surface area contributed by atoms with E-state index in [1.54, 1.807) is 42.6 Å². The van der Waals surface area contributed by atoms with Gasteiger partial charge < -0.3 is 14.2 Å². The number of carbonyl (C=O) groups is 2. The summed E-state index contributed by atoms with van der Waals surface area (Å²) in [5, 5.41) is 0.603. The highest BCUT2D eigenvalue weighted by Crippen LogP contribution is 2.49. The van der Waals surface area contributed by atoms with E-state index in [1.165, 1.54) is 31.4 Å². The molecule has 5 rings (SSSR count). The fraction of sp³-hybridized carbons (Fsp3) is 0.265. The molecule has 0 unspecified atom stereocenters. The van der Waals surface area contributed by atoms with E-state index < -0.39 is 11.2 Å². The topological polar surface area (TPSA) is 74.7 Å². The van der Waals surface area contributed by atoms with Crippen molar-refractivity contribution >= 4 is 35.1 Å². The predicted molar refractivity (Wildman–Crippen MR) is 163 cm³/mol. The minimum Gasteiger partial charge on any atom is -0.493 e. The van der Waals surface area contributed by atoms with E-state index >= 15 is 4.39 Å². The monoisotopic (exact) mass is 603 g/mol. The van der Waals surface area contributed by atoms with Crippen LogP contribution in [0.4, 0.5) is 8.78 Å². The van der Waals surface area contributed by atoms with Crippen LogP contribution in [0.2, 0.25) is 0 Å². The number of allylic oxidation sites excluding steroid dienone is 1. The van der Waals surface area contributed by atoms with E-state index in [4.69, 9.17) is 14.2 Å². The lowest BCUT2D eigenvalue weighted by atomic mass is 9.88. The van der Waals surface area contributed by atoms with Gasteiger partial charge in [0.05, 0.1) is 18.0 Å². The van der Waals surface area contributed by atoms with E-state index in [9.17, 15) is 14.0 Å². The molecule has 0 radical (unpaired) electrons. The molecule has 0 atom stereocenters. The smallest absolute Gasteiger partial charge is 0.166 e. The van der Waals surface area contributed by atoms with Crippen LogP contribution in [0, 0.1) is 17.0 Å². The Morgan fingerprint density at radius 1 is 0.884 bits per heavy atom. The van der Waals surface area contributed by atoms with Crippen LogP contribution in [0.25, 0.3) is 10.9 Å². The predicted octanol–water partition coefficient (Wildman–Crippen LogP) is 7.27. The lowest BCUT2D eigenvalue weighted by Gasteiger charge is -2.15. The molecule has 6 nitrogen and oxygen atoms in total. The largest absolute Gasteiger partial charge is 0.493 e. The molecule has 1 aromatic heterocycles. The molecule has 0 saturated heterocycles. The van der Waals surface area contributed by atoms with Crippen LogP contribution in [0.3, 0.4) is 0 Å². The van der Waals surface area contributed by atoms with Gasteiger partial charge in [0.15, 0.2) is 34.6 Å². The molecule has 0 spiro atoms. The Bertz CT molecular complexity index is 1670. The maximum absolute atomic E-state index is 15.2. The number of rotatable bonds is 14. The second kappa shape index (κ2) is 13.4. The Morgan fingerprint density at radius 2 is 1.60 bits per heavy atom. The Kier molecular flexibility index (Phi) is 9.40. The van der Waals surface area contributed by atoms with E-state index in [1.807, 2.05) is 12.2 Å². The molecule has 43 heavy (non-hydrogen) atoms. The van der Waals surface area contributed by atoms with Gasteiger partial charge in [-0.25, -0.2) is 8.78 Å². The maximum atomic E-state index is 15.2. The first-order valence-corrected chi connectivity index (χ1v) is 14.6. The molecule has 9 heteroatoms. The van der Waals surface area contributed by atoms with Gasteiger partial charge in [0.2, 0.25) is 0 Å². The number of nitrogens with zero attached hydrogens (tertiary/aromatic N) is 1. The highest BCUT2D eigenvalue weighted by molar-refractivity contribution is 7.80. The van der Waals surface area contributed by atoms with Crippen LogP contribution < -0.4 is 14.2 Å². The minimum absolute atomic E-state index is 0.0224. The molecule has 1 aliphatic carbocycles. The number of methoxy groups -OCH3 is 1. The Morgan fingerprint density at radius 3 is 2.28 bits per heavy atom. The number of aromatic nitrogens is 1. The van der Waals surface area contributed by atoms with Crippen molar-refractivity contribution in [1.82, 2.24) is 4.98 Å². The van der Waals surface area contributed by atoms with Crippen molar-refractivity contribution in [3.05, 3.63) is 102 Å². The third-order valence-corrected chi connectivity index (χ3v) is 7.72. The van der Waals surface area contributed by atoms with E-state index in [0.29, 0.717) is 58.7 Å². The Hall–Kier alpha value is -4.24. The van der Waals surface area contributed by atoms with Crippen molar-refractivity contribution in [2.45, 2.75) is 32.1 Å². The fourth-order valence-corrected chi connectivity index (χ4v) is 5.04. The summed E-state index contributed by atoms with van der Waals surface area (Å²) in [4.78, 5) is 30.5. The van der Waals surface area contributed by atoms with Gasteiger partial charge in [0.25, 0.3) is 0 Å². The lowest BCUT2D eigenvalue weighted by Crippen LogP contribution is -2.28. The van der Waals surface area contributed by atoms with E-state index in [-0.39, 0.29) is 36.0 Å². The molecule has 4 aromatic rings. The summed E-state index contributed by atoms with van der Waals surface area (Å²) in [7, 11) is 1.53. The summed E-state index contributed by atoms with van der Waals surface area (Å²) < 4.78 is 45.7. The zero-order chi connectivity index (χ0) is 30.4. The van der Waals surface area contributed by atoms with Crippen LogP contribution in [0.5, 0.6) is 23.0 Å². The lowest BCUT2D eigenvalue weighted by molar-refractivity contribution is -0.133. The first-order valence-electron chi connectivity index (χ1n) is 14.0. The Labute approximate surface area is 254 Å². The van der Waals surface area contributed by atoms with Crippen molar-refractivity contribution in [3.8, 4) is 23.0 Å². The molecule has 3 aromatic carbocycles. The molecule has 222 valence electrons. The van der Waals surface area contributed by atoms with Crippen molar-refractivity contribution in [3.63, 3.8) is 0 Å². The van der Waals surface area contributed by atoms with Gasteiger partial charge in [-0.1, -0.05) is 30.4 Å². The number of thiol groups is 1. The summed E-state index contributed by atoms with van der Waals surface area (Å²) in [5.41, 5.74) is 0.623. The third-order valence-electron chi connectivity index (χ3n) is 7.46. The molecule has 0 aliphatic heterocycles. The highest BCUT2D eigenvalue weighted by atomic mass is 32.1. The molecule has 1 aliphatic rings. The summed E-state index contributed by atoms with van der Waals surface area (Å²) in [6.07, 6.45) is 7.21. The summed E-state index contributed by atoms with van der Waals surface area (Å²) in [5.74, 6) is 0.635. The quantitative estimate of drug-likeness (QED) is 0.0928. The van der Waals surface area contributed by atoms with Gasteiger partial charge in [0.1, 0.15) is 18.2 Å². The van der Waals surface area contributed by atoms with Gasteiger partial charge in [0, 0.05) is 30.5 Å². The second-order valence-corrected chi connectivity index (χ2v) is 10.8. The van der Waals surface area contributed by atoms with Gasteiger partial charge in [-0.2, -0.15) is 12.6 Å². The Balaban J connectivity index is 1.28. The number of hydrogen-bond donors (Lipinski definition) is 1. The number of pyridine rings is 1. The van der Waals surface area contributed by atoms with Gasteiger partial charge >= 0.3 is 0 Å². The van der Waals surface area contributed by atoms with E-state index in [0.717, 1.165) is 12.2 Å². The summed E-state index contributed by atoms with van der Waals surface area (Å²) in [6.45, 7) is 0.357. The number of carbonyl (C=O) groups excluding carboxylic acids is 2. The van der Waals surface area contributed by atoms with Crippen molar-refractivity contribution < 1.29 is 32.6 Å². The number of ether oxygens (including phenoxy) is 3. The van der Waals surface area contributed by atoms with Crippen LogP contribution in [-0.4, -0.2) is 36.0 Å². The first-order chi connectivity index (χ1) is 20.8. The van der Waals surface area contributed by atoms with Gasteiger partial charge in [-0.3, -0.25) is 14.6 Å². The van der Waals surface area contributed by atoms with Crippen molar-refractivity contribution in [2.24, 2.45) is 5.41 Å². The molecule has 1 fully saturated rings. The molecule has 0 bridgehead atoms. The molecule has 0 amide bonds. The molecule has 1 heterocycles. The molecular formula is C34H31F2NO5S. The standard InChI is InChI=1S/C34H31F2NO5S/c1-40-30-20-25-27(21-31(30)41-15-3-2-4-16-43)37-14-11-28(25)42-29-10-7-23(17-26(29)36)19-33(39)34(12-13-34)32(38)18-22-5-8-24(35)9-6-22/h2-3,5-11,14,17,20-21,43H,4,12-13,15-16,18-19H2,1H3/b3-2+. The maximum Gasteiger partial charge on any atom is 0.166 e.